The van der Waals surface area contributed by atoms with E-state index in [0.717, 1.165) is 27.3 Å². The highest BCUT2D eigenvalue weighted by molar-refractivity contribution is 7.17. The third-order valence-electron chi connectivity index (χ3n) is 4.99. The average Bonchev–Trinajstić information content (AvgIpc) is 3.38. The van der Waals surface area contributed by atoms with Gasteiger partial charge in [-0.25, -0.2) is 4.98 Å². The van der Waals surface area contributed by atoms with E-state index >= 15 is 0 Å². The minimum absolute atomic E-state index is 0.0805. The second-order valence-corrected chi connectivity index (χ2v) is 8.15. The summed E-state index contributed by atoms with van der Waals surface area (Å²) in [6, 6.07) is 15.6. The molecule has 0 saturated carbocycles. The Morgan fingerprint density at radius 2 is 2.10 bits per heavy atom. The second kappa shape index (κ2) is 9.30. The molecule has 0 bridgehead atoms. The summed E-state index contributed by atoms with van der Waals surface area (Å²) in [4.78, 5) is 17.8. The number of aliphatic hydroxyl groups is 1. The standard InChI is InChI=1S/C23H24N4O3S/c1-15(17-7-3-2-6-16(17)13-25-9-11-28)30-19-12-20(31-22(19)23(24)29)18-14-26-21-8-4-5-10-27(18)21/h2-8,10,12,14-15,25,28H,9,11,13H2,1H3,(H2,24,29)/t15-/m1/s1. The predicted octanol–water partition coefficient (Wildman–Crippen LogP) is 3.38. The van der Waals surface area contributed by atoms with Crippen molar-refractivity contribution in [1.29, 1.82) is 0 Å². The Kier molecular flexibility index (Phi) is 6.31. The topological polar surface area (TPSA) is 102 Å². The van der Waals surface area contributed by atoms with Crippen LogP contribution in [0.2, 0.25) is 0 Å². The number of benzene rings is 1. The van der Waals surface area contributed by atoms with Crippen molar-refractivity contribution in [1.82, 2.24) is 14.7 Å². The average molecular weight is 437 g/mol. The molecule has 4 rings (SSSR count). The Balaban J connectivity index is 1.64. The number of amides is 1. The number of imidazole rings is 1. The molecule has 0 fully saturated rings. The zero-order valence-corrected chi connectivity index (χ0v) is 17.9. The highest BCUT2D eigenvalue weighted by Gasteiger charge is 2.21. The van der Waals surface area contributed by atoms with Crippen LogP contribution in [0.15, 0.2) is 60.9 Å². The molecule has 160 valence electrons. The van der Waals surface area contributed by atoms with Crippen LogP contribution < -0.4 is 15.8 Å². The minimum Gasteiger partial charge on any atom is -0.484 e. The third-order valence-corrected chi connectivity index (χ3v) is 6.15. The van der Waals surface area contributed by atoms with Crippen molar-refractivity contribution in [3.63, 3.8) is 0 Å². The van der Waals surface area contributed by atoms with Gasteiger partial charge < -0.3 is 20.9 Å². The number of nitrogens with two attached hydrogens (primary N) is 1. The Hall–Kier alpha value is -3.20. The maximum absolute atomic E-state index is 12.1. The van der Waals surface area contributed by atoms with Gasteiger partial charge in [0.05, 0.1) is 23.4 Å². The van der Waals surface area contributed by atoms with Gasteiger partial charge in [0.15, 0.2) is 0 Å². The number of nitrogens with one attached hydrogen (secondary N) is 1. The number of aromatic nitrogens is 2. The van der Waals surface area contributed by atoms with E-state index in [1.807, 2.05) is 66.1 Å². The van der Waals surface area contributed by atoms with E-state index in [2.05, 4.69) is 10.3 Å². The lowest BCUT2D eigenvalue weighted by atomic mass is 10.0. The number of ether oxygens (including phenoxy) is 1. The Morgan fingerprint density at radius 3 is 2.90 bits per heavy atom. The summed E-state index contributed by atoms with van der Waals surface area (Å²) in [5, 5.41) is 12.2. The minimum atomic E-state index is -0.523. The summed E-state index contributed by atoms with van der Waals surface area (Å²) in [5.74, 6) is -0.0610. The van der Waals surface area contributed by atoms with E-state index < -0.39 is 5.91 Å². The van der Waals surface area contributed by atoms with E-state index in [1.54, 1.807) is 6.20 Å². The smallest absolute Gasteiger partial charge is 0.262 e. The van der Waals surface area contributed by atoms with Crippen molar-refractivity contribution in [3.05, 3.63) is 76.9 Å². The maximum Gasteiger partial charge on any atom is 0.262 e. The Bertz CT molecular complexity index is 1200. The van der Waals surface area contributed by atoms with Crippen LogP contribution in [-0.4, -0.2) is 33.6 Å². The molecule has 0 saturated heterocycles. The van der Waals surface area contributed by atoms with Crippen molar-refractivity contribution in [2.75, 3.05) is 13.2 Å². The summed E-state index contributed by atoms with van der Waals surface area (Å²) < 4.78 is 8.20. The molecular formula is C23H24N4O3S. The fourth-order valence-electron chi connectivity index (χ4n) is 3.52. The first-order valence-electron chi connectivity index (χ1n) is 10.0. The van der Waals surface area contributed by atoms with Gasteiger partial charge in [0.1, 0.15) is 22.4 Å². The number of nitrogens with zero attached hydrogens (tertiary/aromatic N) is 2. The van der Waals surface area contributed by atoms with Gasteiger partial charge in [0.25, 0.3) is 5.91 Å². The first-order valence-corrected chi connectivity index (χ1v) is 10.8. The lowest BCUT2D eigenvalue weighted by Crippen LogP contribution is -2.19. The molecule has 4 N–H and O–H groups in total. The van der Waals surface area contributed by atoms with Gasteiger partial charge in [-0.05, 0) is 30.2 Å². The van der Waals surface area contributed by atoms with Crippen molar-refractivity contribution in [3.8, 4) is 16.3 Å². The van der Waals surface area contributed by atoms with Gasteiger partial charge in [-0.2, -0.15) is 0 Å². The maximum atomic E-state index is 12.1. The Morgan fingerprint density at radius 1 is 1.29 bits per heavy atom. The van der Waals surface area contributed by atoms with E-state index in [4.69, 9.17) is 15.6 Å². The molecule has 31 heavy (non-hydrogen) atoms. The SMILES string of the molecule is C[C@@H](Oc1cc(-c2cnc3ccccn23)sc1C(N)=O)c1ccccc1CNCCO. The predicted molar refractivity (Wildman–Crippen MR) is 121 cm³/mol. The van der Waals surface area contributed by atoms with Gasteiger partial charge >= 0.3 is 0 Å². The van der Waals surface area contributed by atoms with E-state index in [-0.39, 0.29) is 12.7 Å². The Labute approximate surface area is 184 Å². The highest BCUT2D eigenvalue weighted by Crippen LogP contribution is 2.38. The number of carbonyl (C=O) groups excluding carboxylic acids is 1. The van der Waals surface area contributed by atoms with Crippen LogP contribution in [-0.2, 0) is 6.54 Å². The zero-order chi connectivity index (χ0) is 21.8. The highest BCUT2D eigenvalue weighted by atomic mass is 32.1. The summed E-state index contributed by atoms with van der Waals surface area (Å²) in [7, 11) is 0. The molecule has 3 heterocycles. The fourth-order valence-corrected chi connectivity index (χ4v) is 4.47. The molecule has 8 heteroatoms. The van der Waals surface area contributed by atoms with Crippen molar-refractivity contribution in [2.45, 2.75) is 19.6 Å². The number of hydrogen-bond acceptors (Lipinski definition) is 6. The van der Waals surface area contributed by atoms with Crippen LogP contribution in [0.25, 0.3) is 16.2 Å². The number of carbonyl (C=O) groups is 1. The number of fused-ring (bicyclic) bond motifs is 1. The number of hydrogen-bond donors (Lipinski definition) is 3. The van der Waals surface area contributed by atoms with Crippen molar-refractivity contribution >= 4 is 22.9 Å². The van der Waals surface area contributed by atoms with E-state index in [9.17, 15) is 4.79 Å². The van der Waals surface area contributed by atoms with E-state index in [1.165, 1.54) is 11.3 Å². The molecule has 1 amide bonds. The van der Waals surface area contributed by atoms with E-state index in [0.29, 0.717) is 23.7 Å². The molecule has 4 aromatic rings. The van der Waals surface area contributed by atoms with Gasteiger partial charge in [-0.3, -0.25) is 9.20 Å². The second-order valence-electron chi connectivity index (χ2n) is 7.10. The molecule has 0 aliphatic heterocycles. The van der Waals surface area contributed by atoms with Crippen molar-refractivity contribution < 1.29 is 14.6 Å². The lowest BCUT2D eigenvalue weighted by Gasteiger charge is -2.18. The molecule has 3 aromatic heterocycles. The molecule has 0 radical (unpaired) electrons. The number of thiophene rings is 1. The van der Waals surface area contributed by atoms with Crippen LogP contribution >= 0.6 is 11.3 Å². The largest absolute Gasteiger partial charge is 0.484 e. The first kappa shape index (κ1) is 21.0. The zero-order valence-electron chi connectivity index (χ0n) is 17.1. The first-order chi connectivity index (χ1) is 15.1. The van der Waals surface area contributed by atoms with Gasteiger partial charge in [-0.15, -0.1) is 11.3 Å². The number of aliphatic hydroxyl groups excluding tert-OH is 1. The molecule has 0 aliphatic rings. The van der Waals surface area contributed by atoms with Gasteiger partial charge in [0.2, 0.25) is 0 Å². The molecular weight excluding hydrogens is 412 g/mol. The summed E-state index contributed by atoms with van der Waals surface area (Å²) in [6.45, 7) is 3.16. The third kappa shape index (κ3) is 4.46. The van der Waals surface area contributed by atoms with Crippen LogP contribution in [0.4, 0.5) is 0 Å². The fraction of sp³-hybridized carbons (Fsp3) is 0.217. The summed E-state index contributed by atoms with van der Waals surface area (Å²) in [6.07, 6.45) is 3.41. The molecule has 1 aromatic carbocycles. The quantitative estimate of drug-likeness (QED) is 0.349. The summed E-state index contributed by atoms with van der Waals surface area (Å²) >= 11 is 1.30. The van der Waals surface area contributed by atoms with Gasteiger partial charge in [0, 0.05) is 25.4 Å². The van der Waals surface area contributed by atoms with Crippen LogP contribution in [0.3, 0.4) is 0 Å². The monoisotopic (exact) mass is 436 g/mol. The number of pyridine rings is 1. The molecule has 1 atom stereocenters. The van der Waals surface area contributed by atoms with Crippen LogP contribution in [0, 0.1) is 0 Å². The van der Waals surface area contributed by atoms with Crippen molar-refractivity contribution in [2.24, 2.45) is 5.73 Å². The van der Waals surface area contributed by atoms with Crippen LogP contribution in [0.5, 0.6) is 5.75 Å². The van der Waals surface area contributed by atoms with Gasteiger partial charge in [-0.1, -0.05) is 30.3 Å². The molecule has 7 nitrogen and oxygen atoms in total. The normalized spacial score (nSPS) is 12.2. The molecule has 0 spiro atoms. The summed E-state index contributed by atoms with van der Waals surface area (Å²) in [5.41, 5.74) is 9.43. The lowest BCUT2D eigenvalue weighted by molar-refractivity contribution is 0.0998. The number of primary amides is 1. The molecule has 0 unspecified atom stereocenters. The van der Waals surface area contributed by atoms with Crippen LogP contribution in [0.1, 0.15) is 33.8 Å². The molecule has 0 aliphatic carbocycles. The number of rotatable bonds is 9.